The monoisotopic (exact) mass is 357 g/mol. The fraction of sp³-hybridized carbons (Fsp3) is 0.812. The highest BCUT2D eigenvalue weighted by Crippen LogP contribution is 2.31. The van der Waals surface area contributed by atoms with Gasteiger partial charge in [-0.25, -0.2) is 0 Å². The van der Waals surface area contributed by atoms with Crippen LogP contribution in [-0.4, -0.2) is 45.0 Å². The molecule has 1 aromatic heterocycles. The lowest BCUT2D eigenvalue weighted by atomic mass is 9.89. The molecule has 1 aliphatic rings. The second kappa shape index (κ2) is 7.25. The first-order valence-electron chi connectivity index (χ1n) is 8.14. The third-order valence-electron chi connectivity index (χ3n) is 4.55. The van der Waals surface area contributed by atoms with Crippen molar-refractivity contribution in [3.8, 4) is 0 Å². The average molecular weight is 358 g/mol. The molecule has 0 aliphatic carbocycles. The number of hydrogen-bond acceptors (Lipinski definition) is 3. The summed E-state index contributed by atoms with van der Waals surface area (Å²) >= 11 is 3.66. The quantitative estimate of drug-likeness (QED) is 0.880. The molecule has 0 bridgehead atoms. The number of likely N-dealkylation sites (tertiary alicyclic amines) is 1. The van der Waals surface area contributed by atoms with E-state index in [1.165, 1.54) is 6.42 Å². The fourth-order valence-corrected chi connectivity index (χ4v) is 4.03. The summed E-state index contributed by atoms with van der Waals surface area (Å²) in [4.78, 5) is 2.48. The predicted octanol–water partition coefficient (Wildman–Crippen LogP) is 2.91. The first kappa shape index (κ1) is 17.0. The fourth-order valence-electron chi connectivity index (χ4n) is 3.27. The van der Waals surface area contributed by atoms with Gasteiger partial charge in [-0.15, -0.1) is 0 Å². The summed E-state index contributed by atoms with van der Waals surface area (Å²) in [6.45, 7) is 7.59. The van der Waals surface area contributed by atoms with Crippen LogP contribution in [0.1, 0.15) is 50.9 Å². The van der Waals surface area contributed by atoms with Crippen molar-refractivity contribution in [3.05, 3.63) is 15.9 Å². The summed E-state index contributed by atoms with van der Waals surface area (Å²) in [5.41, 5.74) is 1.61. The van der Waals surface area contributed by atoms with Crippen molar-refractivity contribution in [1.29, 1.82) is 0 Å². The van der Waals surface area contributed by atoms with E-state index in [1.807, 2.05) is 11.7 Å². The van der Waals surface area contributed by atoms with Crippen molar-refractivity contribution >= 4 is 15.9 Å². The maximum absolute atomic E-state index is 11.0. The minimum atomic E-state index is -0.593. The highest BCUT2D eigenvalue weighted by molar-refractivity contribution is 9.10. The molecule has 0 amide bonds. The van der Waals surface area contributed by atoms with Crippen molar-refractivity contribution in [3.63, 3.8) is 0 Å². The minimum absolute atomic E-state index is 0.593. The highest BCUT2D eigenvalue weighted by Gasteiger charge is 2.32. The highest BCUT2D eigenvalue weighted by atomic mass is 79.9. The van der Waals surface area contributed by atoms with E-state index in [-0.39, 0.29) is 0 Å². The molecule has 1 saturated heterocycles. The van der Waals surface area contributed by atoms with Crippen LogP contribution < -0.4 is 0 Å². The Balaban J connectivity index is 2.09. The van der Waals surface area contributed by atoms with Gasteiger partial charge in [0.1, 0.15) is 0 Å². The number of halogens is 1. The molecule has 2 heterocycles. The van der Waals surface area contributed by atoms with Crippen molar-refractivity contribution in [2.24, 2.45) is 7.05 Å². The number of aryl methyl sites for hydroxylation is 2. The molecule has 120 valence electrons. The van der Waals surface area contributed by atoms with Crippen LogP contribution in [-0.2, 0) is 19.9 Å². The summed E-state index contributed by atoms with van der Waals surface area (Å²) in [7, 11) is 1.97. The SMILES string of the molecule is CCCN1CCCC(O)(Cc2c(Br)c(CC)nn2C)CC1. The lowest BCUT2D eigenvalue weighted by molar-refractivity contribution is 0.0238. The zero-order valence-corrected chi connectivity index (χ0v) is 15.1. The van der Waals surface area contributed by atoms with Crippen LogP contribution in [0, 0.1) is 0 Å². The third-order valence-corrected chi connectivity index (χ3v) is 5.46. The van der Waals surface area contributed by atoms with Gasteiger partial charge in [-0.1, -0.05) is 13.8 Å². The zero-order chi connectivity index (χ0) is 15.5. The Morgan fingerprint density at radius 2 is 2.05 bits per heavy atom. The second-order valence-corrected chi connectivity index (χ2v) is 7.07. The Hall–Kier alpha value is -0.390. The summed E-state index contributed by atoms with van der Waals surface area (Å²) in [6.07, 6.45) is 5.60. The minimum Gasteiger partial charge on any atom is -0.389 e. The van der Waals surface area contributed by atoms with Crippen LogP contribution in [0.5, 0.6) is 0 Å². The number of aliphatic hydroxyl groups is 1. The van der Waals surface area contributed by atoms with Crippen LogP contribution in [0.2, 0.25) is 0 Å². The van der Waals surface area contributed by atoms with Gasteiger partial charge < -0.3 is 10.0 Å². The van der Waals surface area contributed by atoms with E-state index in [0.29, 0.717) is 6.42 Å². The normalized spacial score (nSPS) is 24.2. The standard InChI is InChI=1S/C16H28BrN3O/c1-4-9-20-10-6-7-16(21,8-11-20)12-14-15(17)13(5-2)18-19(14)3/h21H,4-12H2,1-3H3. The molecule has 1 atom stereocenters. The Labute approximate surface area is 136 Å². The molecule has 1 aliphatic heterocycles. The Kier molecular flexibility index (Phi) is 5.86. The lowest BCUT2D eigenvalue weighted by Crippen LogP contribution is -2.34. The smallest absolute Gasteiger partial charge is 0.0766 e. The predicted molar refractivity (Wildman–Crippen MR) is 89.5 cm³/mol. The Bertz CT molecular complexity index is 474. The molecule has 4 nitrogen and oxygen atoms in total. The largest absolute Gasteiger partial charge is 0.389 e. The van der Waals surface area contributed by atoms with Crippen molar-refractivity contribution in [1.82, 2.24) is 14.7 Å². The topological polar surface area (TPSA) is 41.3 Å². The van der Waals surface area contributed by atoms with E-state index >= 15 is 0 Å². The second-order valence-electron chi connectivity index (χ2n) is 6.28. The average Bonchev–Trinajstić information content (AvgIpc) is 2.62. The number of hydrogen-bond donors (Lipinski definition) is 1. The first-order chi connectivity index (χ1) is 9.99. The van der Waals surface area contributed by atoms with Gasteiger partial charge in [0, 0.05) is 20.0 Å². The summed E-state index contributed by atoms with van der Waals surface area (Å²) < 4.78 is 3.01. The van der Waals surface area contributed by atoms with Gasteiger partial charge in [0.2, 0.25) is 0 Å². The van der Waals surface area contributed by atoms with E-state index in [9.17, 15) is 5.11 Å². The van der Waals surface area contributed by atoms with Crippen molar-refractivity contribution in [2.45, 2.75) is 58.0 Å². The van der Waals surface area contributed by atoms with Crippen LogP contribution in [0.15, 0.2) is 4.47 Å². The van der Waals surface area contributed by atoms with Gasteiger partial charge in [-0.2, -0.15) is 5.10 Å². The Morgan fingerprint density at radius 1 is 1.29 bits per heavy atom. The summed E-state index contributed by atoms with van der Waals surface area (Å²) in [6, 6.07) is 0. The van der Waals surface area contributed by atoms with Crippen LogP contribution in [0.4, 0.5) is 0 Å². The lowest BCUT2D eigenvalue weighted by Gasteiger charge is -2.27. The molecule has 2 rings (SSSR count). The molecule has 1 aromatic rings. The summed E-state index contributed by atoms with van der Waals surface area (Å²) in [5.74, 6) is 0. The molecular weight excluding hydrogens is 330 g/mol. The van der Waals surface area contributed by atoms with Gasteiger partial charge in [0.15, 0.2) is 0 Å². The molecule has 0 saturated carbocycles. The molecule has 0 aromatic carbocycles. The van der Waals surface area contributed by atoms with E-state index in [2.05, 4.69) is 39.8 Å². The molecule has 1 fully saturated rings. The molecular formula is C16H28BrN3O. The third kappa shape index (κ3) is 4.08. The molecule has 1 unspecified atom stereocenters. The van der Waals surface area contributed by atoms with Gasteiger partial charge in [-0.3, -0.25) is 4.68 Å². The number of nitrogens with zero attached hydrogens (tertiary/aromatic N) is 3. The van der Waals surface area contributed by atoms with E-state index in [1.54, 1.807) is 0 Å². The number of rotatable bonds is 5. The molecule has 0 radical (unpaired) electrons. The van der Waals surface area contributed by atoms with Crippen LogP contribution in [0.25, 0.3) is 0 Å². The van der Waals surface area contributed by atoms with E-state index in [4.69, 9.17) is 0 Å². The molecule has 5 heteroatoms. The summed E-state index contributed by atoms with van der Waals surface area (Å²) in [5, 5.41) is 15.6. The van der Waals surface area contributed by atoms with Gasteiger partial charge >= 0.3 is 0 Å². The van der Waals surface area contributed by atoms with Gasteiger partial charge in [0.05, 0.1) is 21.5 Å². The molecule has 21 heavy (non-hydrogen) atoms. The first-order valence-corrected chi connectivity index (χ1v) is 8.93. The Morgan fingerprint density at radius 3 is 2.67 bits per heavy atom. The van der Waals surface area contributed by atoms with Crippen molar-refractivity contribution < 1.29 is 5.11 Å². The number of aromatic nitrogens is 2. The molecule has 1 N–H and O–H groups in total. The molecule has 0 spiro atoms. The maximum Gasteiger partial charge on any atom is 0.0766 e. The maximum atomic E-state index is 11.0. The van der Waals surface area contributed by atoms with Crippen molar-refractivity contribution in [2.75, 3.05) is 19.6 Å². The van der Waals surface area contributed by atoms with E-state index in [0.717, 1.165) is 61.2 Å². The van der Waals surface area contributed by atoms with Crippen LogP contribution in [0.3, 0.4) is 0 Å². The van der Waals surface area contributed by atoms with E-state index < -0.39 is 5.60 Å². The zero-order valence-electron chi connectivity index (χ0n) is 13.5. The van der Waals surface area contributed by atoms with Gasteiger partial charge in [-0.05, 0) is 61.1 Å². The van der Waals surface area contributed by atoms with Gasteiger partial charge in [0.25, 0.3) is 0 Å². The van der Waals surface area contributed by atoms with Crippen LogP contribution >= 0.6 is 15.9 Å².